The molecule has 1 aromatic rings. The lowest BCUT2D eigenvalue weighted by Crippen LogP contribution is -2.42. The van der Waals surface area contributed by atoms with Crippen molar-refractivity contribution in [1.29, 1.82) is 0 Å². The van der Waals surface area contributed by atoms with E-state index in [4.69, 9.17) is 9.47 Å². The summed E-state index contributed by atoms with van der Waals surface area (Å²) in [6, 6.07) is 8.62. The van der Waals surface area contributed by atoms with E-state index in [1.165, 1.54) is 0 Å². The Morgan fingerprint density at radius 1 is 1.26 bits per heavy atom. The number of rotatable bonds is 6. The van der Waals surface area contributed by atoms with E-state index in [0.717, 1.165) is 50.8 Å². The van der Waals surface area contributed by atoms with Gasteiger partial charge in [0.15, 0.2) is 0 Å². The van der Waals surface area contributed by atoms with Gasteiger partial charge in [0.25, 0.3) is 0 Å². The minimum absolute atomic E-state index is 0.556. The third-order valence-corrected chi connectivity index (χ3v) is 3.62. The monoisotopic (exact) mass is 264 g/mol. The SMILES string of the molecule is CNc1ccc(OCCC(C)N2CCOCC2)cc1. The Kier molecular flexibility index (Phi) is 5.48. The van der Waals surface area contributed by atoms with Crippen LogP contribution in [0.4, 0.5) is 5.69 Å². The third-order valence-electron chi connectivity index (χ3n) is 3.62. The Labute approximate surface area is 115 Å². The molecule has 2 rings (SSSR count). The first-order valence-corrected chi connectivity index (χ1v) is 7.02. The zero-order chi connectivity index (χ0) is 13.5. The molecule has 19 heavy (non-hydrogen) atoms. The second-order valence-electron chi connectivity index (χ2n) is 4.91. The van der Waals surface area contributed by atoms with Crippen LogP contribution in [0.1, 0.15) is 13.3 Å². The van der Waals surface area contributed by atoms with Gasteiger partial charge in [-0.25, -0.2) is 0 Å². The first-order valence-electron chi connectivity index (χ1n) is 7.02. The Balaban J connectivity index is 1.69. The lowest BCUT2D eigenvalue weighted by molar-refractivity contribution is 0.0161. The maximum absolute atomic E-state index is 5.78. The van der Waals surface area contributed by atoms with Crippen molar-refractivity contribution in [2.75, 3.05) is 45.3 Å². The molecular formula is C15H24N2O2. The van der Waals surface area contributed by atoms with Gasteiger partial charge in [0.1, 0.15) is 5.75 Å². The largest absolute Gasteiger partial charge is 0.494 e. The van der Waals surface area contributed by atoms with Crippen LogP contribution in [-0.2, 0) is 4.74 Å². The van der Waals surface area contributed by atoms with Gasteiger partial charge in [0, 0.05) is 31.9 Å². The molecule has 1 saturated heterocycles. The number of nitrogens with zero attached hydrogens (tertiary/aromatic N) is 1. The van der Waals surface area contributed by atoms with Crippen LogP contribution in [0, 0.1) is 0 Å². The highest BCUT2D eigenvalue weighted by atomic mass is 16.5. The molecule has 4 nitrogen and oxygen atoms in total. The van der Waals surface area contributed by atoms with Gasteiger partial charge in [0.2, 0.25) is 0 Å². The molecule has 4 heteroatoms. The van der Waals surface area contributed by atoms with Crippen LogP contribution in [-0.4, -0.2) is 50.9 Å². The highest BCUT2D eigenvalue weighted by Gasteiger charge is 2.16. The van der Waals surface area contributed by atoms with Crippen LogP contribution < -0.4 is 10.1 Å². The molecule has 0 aliphatic carbocycles. The highest BCUT2D eigenvalue weighted by molar-refractivity contribution is 5.45. The van der Waals surface area contributed by atoms with Crippen molar-refractivity contribution in [3.8, 4) is 5.75 Å². The topological polar surface area (TPSA) is 33.7 Å². The van der Waals surface area contributed by atoms with E-state index in [-0.39, 0.29) is 0 Å². The smallest absolute Gasteiger partial charge is 0.119 e. The van der Waals surface area contributed by atoms with Gasteiger partial charge >= 0.3 is 0 Å². The standard InChI is InChI=1S/C15H24N2O2/c1-13(17-8-11-18-12-9-17)7-10-19-15-5-3-14(16-2)4-6-15/h3-6,13,16H,7-12H2,1-2H3. The lowest BCUT2D eigenvalue weighted by atomic mass is 10.2. The minimum Gasteiger partial charge on any atom is -0.494 e. The van der Waals surface area contributed by atoms with Gasteiger partial charge in [-0.2, -0.15) is 0 Å². The number of benzene rings is 1. The summed E-state index contributed by atoms with van der Waals surface area (Å²) in [5.41, 5.74) is 1.11. The van der Waals surface area contributed by atoms with Crippen molar-refractivity contribution in [1.82, 2.24) is 4.90 Å². The maximum Gasteiger partial charge on any atom is 0.119 e. The fourth-order valence-electron chi connectivity index (χ4n) is 2.27. The number of ether oxygens (including phenoxy) is 2. The summed E-state index contributed by atoms with van der Waals surface area (Å²) in [5, 5.41) is 3.10. The summed E-state index contributed by atoms with van der Waals surface area (Å²) in [5.74, 6) is 0.938. The molecule has 0 aromatic heterocycles. The zero-order valence-corrected chi connectivity index (χ0v) is 11.9. The summed E-state index contributed by atoms with van der Waals surface area (Å²) < 4.78 is 11.1. The minimum atomic E-state index is 0.556. The normalized spacial score (nSPS) is 18.0. The lowest BCUT2D eigenvalue weighted by Gasteiger charge is -2.32. The molecule has 1 heterocycles. The maximum atomic E-state index is 5.78. The summed E-state index contributed by atoms with van der Waals surface area (Å²) in [6.07, 6.45) is 1.05. The number of anilines is 1. The fourth-order valence-corrected chi connectivity index (χ4v) is 2.27. The van der Waals surface area contributed by atoms with Crippen molar-refractivity contribution in [3.63, 3.8) is 0 Å². The van der Waals surface area contributed by atoms with Gasteiger partial charge in [-0.3, -0.25) is 4.90 Å². The van der Waals surface area contributed by atoms with E-state index in [1.54, 1.807) is 0 Å². The highest BCUT2D eigenvalue weighted by Crippen LogP contribution is 2.16. The summed E-state index contributed by atoms with van der Waals surface area (Å²) >= 11 is 0. The fraction of sp³-hybridized carbons (Fsp3) is 0.600. The number of nitrogens with one attached hydrogen (secondary N) is 1. The Morgan fingerprint density at radius 3 is 2.58 bits per heavy atom. The first kappa shape index (κ1) is 14.2. The van der Waals surface area contributed by atoms with Crippen molar-refractivity contribution in [2.24, 2.45) is 0 Å². The zero-order valence-electron chi connectivity index (χ0n) is 11.9. The van der Waals surface area contributed by atoms with Crippen LogP contribution >= 0.6 is 0 Å². The Bertz CT molecular complexity index is 361. The molecule has 1 unspecified atom stereocenters. The number of hydrogen-bond acceptors (Lipinski definition) is 4. The van der Waals surface area contributed by atoms with Crippen LogP contribution in [0.5, 0.6) is 5.75 Å². The van der Waals surface area contributed by atoms with Crippen LogP contribution in [0.25, 0.3) is 0 Å². The van der Waals surface area contributed by atoms with Gasteiger partial charge < -0.3 is 14.8 Å². The van der Waals surface area contributed by atoms with E-state index in [0.29, 0.717) is 6.04 Å². The number of morpholine rings is 1. The van der Waals surface area contributed by atoms with Crippen molar-refractivity contribution >= 4 is 5.69 Å². The molecule has 0 saturated carbocycles. The van der Waals surface area contributed by atoms with Gasteiger partial charge in [-0.15, -0.1) is 0 Å². The molecular weight excluding hydrogens is 240 g/mol. The number of hydrogen-bond donors (Lipinski definition) is 1. The molecule has 1 aliphatic heterocycles. The molecule has 1 aromatic carbocycles. The molecule has 1 atom stereocenters. The van der Waals surface area contributed by atoms with Crippen LogP contribution in [0.3, 0.4) is 0 Å². The molecule has 1 fully saturated rings. The van der Waals surface area contributed by atoms with E-state index < -0.39 is 0 Å². The Morgan fingerprint density at radius 2 is 1.95 bits per heavy atom. The Hall–Kier alpha value is -1.26. The van der Waals surface area contributed by atoms with Crippen molar-refractivity contribution in [2.45, 2.75) is 19.4 Å². The predicted octanol–water partition coefficient (Wildman–Crippen LogP) is 2.22. The average molecular weight is 264 g/mol. The van der Waals surface area contributed by atoms with Gasteiger partial charge in [-0.1, -0.05) is 0 Å². The van der Waals surface area contributed by atoms with Crippen LogP contribution in [0.15, 0.2) is 24.3 Å². The first-order chi connectivity index (χ1) is 9.29. The molecule has 0 radical (unpaired) electrons. The molecule has 1 N–H and O–H groups in total. The van der Waals surface area contributed by atoms with Crippen molar-refractivity contribution in [3.05, 3.63) is 24.3 Å². The van der Waals surface area contributed by atoms with E-state index in [2.05, 4.69) is 17.1 Å². The summed E-state index contributed by atoms with van der Waals surface area (Å²) in [6.45, 7) is 6.82. The average Bonchev–Trinajstić information content (AvgIpc) is 2.49. The second kappa shape index (κ2) is 7.36. The van der Waals surface area contributed by atoms with E-state index >= 15 is 0 Å². The molecule has 0 spiro atoms. The summed E-state index contributed by atoms with van der Waals surface area (Å²) in [4.78, 5) is 2.47. The van der Waals surface area contributed by atoms with E-state index in [9.17, 15) is 0 Å². The van der Waals surface area contributed by atoms with Gasteiger partial charge in [-0.05, 0) is 37.6 Å². The van der Waals surface area contributed by atoms with Crippen LogP contribution in [0.2, 0.25) is 0 Å². The third kappa shape index (κ3) is 4.40. The van der Waals surface area contributed by atoms with E-state index in [1.807, 2.05) is 31.3 Å². The predicted molar refractivity (Wildman–Crippen MR) is 78.0 cm³/mol. The van der Waals surface area contributed by atoms with Gasteiger partial charge in [0.05, 0.1) is 19.8 Å². The van der Waals surface area contributed by atoms with Crippen molar-refractivity contribution < 1.29 is 9.47 Å². The molecule has 1 aliphatic rings. The molecule has 0 amide bonds. The summed E-state index contributed by atoms with van der Waals surface area (Å²) in [7, 11) is 1.92. The molecule has 0 bridgehead atoms. The quantitative estimate of drug-likeness (QED) is 0.854. The molecule has 106 valence electrons. The second-order valence-corrected chi connectivity index (χ2v) is 4.91.